The number of rotatable bonds is 4. The van der Waals surface area contributed by atoms with E-state index in [1.54, 1.807) is 0 Å². The molecule has 2 aromatic rings. The van der Waals surface area contributed by atoms with E-state index >= 15 is 0 Å². The molecule has 8 heteroatoms. The summed E-state index contributed by atoms with van der Waals surface area (Å²) in [5, 5.41) is 14.8. The van der Waals surface area contributed by atoms with Crippen molar-refractivity contribution >= 4 is 17.6 Å². The zero-order chi connectivity index (χ0) is 17.9. The summed E-state index contributed by atoms with van der Waals surface area (Å²) >= 11 is 0. The maximum Gasteiger partial charge on any atom is 0.416 e. The fraction of sp³-hybridized carbons (Fsp3) is 0.188. The number of hydrazone groups is 1. The number of anilines is 1. The molecule has 2 rings (SSSR count). The lowest BCUT2D eigenvalue weighted by Gasteiger charge is -2.08. The van der Waals surface area contributed by atoms with E-state index < -0.39 is 22.4 Å². The predicted octanol–water partition coefficient (Wildman–Crippen LogP) is 4.68. The summed E-state index contributed by atoms with van der Waals surface area (Å²) in [5.74, 6) is 0. The number of nitrogens with zero attached hydrogens (tertiary/aromatic N) is 2. The molecule has 1 N–H and O–H groups in total. The number of hydrogen-bond donors (Lipinski definition) is 1. The Morgan fingerprint density at radius 2 is 1.88 bits per heavy atom. The first-order valence-electron chi connectivity index (χ1n) is 6.90. The molecule has 0 fully saturated rings. The molecule has 0 bridgehead atoms. The van der Waals surface area contributed by atoms with Crippen molar-refractivity contribution in [2.45, 2.75) is 20.0 Å². The van der Waals surface area contributed by atoms with Gasteiger partial charge in [-0.3, -0.25) is 15.5 Å². The molecular formula is C16H14F3N3O2. The minimum absolute atomic E-state index is 0.117. The second-order valence-corrected chi connectivity index (χ2v) is 5.22. The number of nitrogens with one attached hydrogen (secondary N) is 1. The molecular weight excluding hydrogens is 323 g/mol. The highest BCUT2D eigenvalue weighted by Crippen LogP contribution is 2.34. The zero-order valence-electron chi connectivity index (χ0n) is 12.9. The average molecular weight is 337 g/mol. The largest absolute Gasteiger partial charge is 0.416 e. The fourth-order valence-corrected chi connectivity index (χ4v) is 2.10. The summed E-state index contributed by atoms with van der Waals surface area (Å²) < 4.78 is 37.9. The van der Waals surface area contributed by atoms with Crippen LogP contribution >= 0.6 is 0 Å². The second kappa shape index (κ2) is 6.69. The van der Waals surface area contributed by atoms with Crippen LogP contribution in [-0.2, 0) is 6.18 Å². The van der Waals surface area contributed by atoms with Crippen molar-refractivity contribution < 1.29 is 18.1 Å². The van der Waals surface area contributed by atoms with Gasteiger partial charge in [-0.15, -0.1) is 0 Å². The Morgan fingerprint density at radius 3 is 2.46 bits per heavy atom. The van der Waals surface area contributed by atoms with E-state index in [0.29, 0.717) is 6.07 Å². The lowest BCUT2D eigenvalue weighted by molar-refractivity contribution is -0.384. The third-order valence-corrected chi connectivity index (χ3v) is 3.34. The third kappa shape index (κ3) is 4.09. The van der Waals surface area contributed by atoms with Crippen LogP contribution in [0.2, 0.25) is 0 Å². The first-order valence-corrected chi connectivity index (χ1v) is 6.90. The van der Waals surface area contributed by atoms with Crippen LogP contribution in [0.25, 0.3) is 0 Å². The molecule has 0 radical (unpaired) electrons. The molecule has 2 aromatic carbocycles. The molecule has 0 saturated carbocycles. The maximum atomic E-state index is 12.6. The monoisotopic (exact) mass is 337 g/mol. The van der Waals surface area contributed by atoms with Gasteiger partial charge in [-0.1, -0.05) is 23.8 Å². The Morgan fingerprint density at radius 1 is 1.17 bits per heavy atom. The van der Waals surface area contributed by atoms with Gasteiger partial charge in [-0.2, -0.15) is 18.3 Å². The first-order chi connectivity index (χ1) is 11.2. The van der Waals surface area contributed by atoms with E-state index in [4.69, 9.17) is 0 Å². The Bertz CT molecular complexity index is 802. The van der Waals surface area contributed by atoms with Crippen LogP contribution in [0.15, 0.2) is 41.5 Å². The summed E-state index contributed by atoms with van der Waals surface area (Å²) in [6.45, 7) is 3.83. The Balaban J connectivity index is 2.26. The van der Waals surface area contributed by atoms with Crippen LogP contribution in [0.3, 0.4) is 0 Å². The molecule has 0 atom stereocenters. The van der Waals surface area contributed by atoms with E-state index in [9.17, 15) is 23.3 Å². The molecule has 0 unspecified atom stereocenters. The summed E-state index contributed by atoms with van der Waals surface area (Å²) in [5.41, 5.74) is 3.36. The molecule has 126 valence electrons. The first kappa shape index (κ1) is 17.5. The maximum absolute atomic E-state index is 12.6. The van der Waals surface area contributed by atoms with Crippen LogP contribution in [0, 0.1) is 24.0 Å². The summed E-state index contributed by atoms with van der Waals surface area (Å²) in [6, 6.07) is 7.89. The number of alkyl halides is 3. The van der Waals surface area contributed by atoms with Crippen molar-refractivity contribution in [3.8, 4) is 0 Å². The van der Waals surface area contributed by atoms with Crippen molar-refractivity contribution in [1.82, 2.24) is 0 Å². The van der Waals surface area contributed by atoms with Gasteiger partial charge in [0, 0.05) is 6.07 Å². The smallest absolute Gasteiger partial charge is 0.272 e. The number of nitro benzene ring substituents is 1. The molecule has 0 amide bonds. The topological polar surface area (TPSA) is 67.5 Å². The van der Waals surface area contributed by atoms with E-state index in [2.05, 4.69) is 10.5 Å². The molecule has 0 aliphatic carbocycles. The quantitative estimate of drug-likeness (QED) is 0.500. The second-order valence-electron chi connectivity index (χ2n) is 5.22. The molecule has 24 heavy (non-hydrogen) atoms. The van der Waals surface area contributed by atoms with Crippen LogP contribution in [0.5, 0.6) is 0 Å². The predicted molar refractivity (Wildman–Crippen MR) is 85.2 cm³/mol. The number of halogens is 3. The number of aryl methyl sites for hydroxylation is 2. The summed E-state index contributed by atoms with van der Waals surface area (Å²) in [4.78, 5) is 10.1. The molecule has 0 heterocycles. The minimum atomic E-state index is -4.65. The minimum Gasteiger partial charge on any atom is -0.272 e. The van der Waals surface area contributed by atoms with Gasteiger partial charge in [0.15, 0.2) is 0 Å². The van der Waals surface area contributed by atoms with Crippen LogP contribution in [-0.4, -0.2) is 11.1 Å². The van der Waals surface area contributed by atoms with Gasteiger partial charge < -0.3 is 0 Å². The lowest BCUT2D eigenvalue weighted by atomic mass is 10.1. The van der Waals surface area contributed by atoms with Crippen LogP contribution in [0.1, 0.15) is 22.3 Å². The normalized spacial score (nSPS) is 11.7. The molecule has 0 aliphatic heterocycles. The Hall–Kier alpha value is -2.90. The van der Waals surface area contributed by atoms with Crippen molar-refractivity contribution in [2.24, 2.45) is 5.10 Å². The third-order valence-electron chi connectivity index (χ3n) is 3.34. The number of nitro groups is 1. The average Bonchev–Trinajstić information content (AvgIpc) is 2.48. The van der Waals surface area contributed by atoms with Crippen molar-refractivity contribution in [2.75, 3.05) is 5.43 Å². The van der Waals surface area contributed by atoms with E-state index in [0.717, 1.165) is 28.8 Å². The van der Waals surface area contributed by atoms with E-state index in [1.165, 1.54) is 6.21 Å². The van der Waals surface area contributed by atoms with Gasteiger partial charge in [-0.05, 0) is 37.1 Å². The molecule has 0 aromatic heterocycles. The van der Waals surface area contributed by atoms with E-state index in [1.807, 2.05) is 32.0 Å². The van der Waals surface area contributed by atoms with E-state index in [-0.39, 0.29) is 5.69 Å². The van der Waals surface area contributed by atoms with Gasteiger partial charge in [-0.25, -0.2) is 0 Å². The highest BCUT2D eigenvalue weighted by Gasteiger charge is 2.33. The van der Waals surface area contributed by atoms with Crippen LogP contribution < -0.4 is 5.43 Å². The van der Waals surface area contributed by atoms with Crippen LogP contribution in [0.4, 0.5) is 24.5 Å². The SMILES string of the molecule is Cc1ccc(C=NNc2ccc(C(F)(F)F)cc2[N+](=O)[O-])c(C)c1. The number of benzene rings is 2. The lowest BCUT2D eigenvalue weighted by Crippen LogP contribution is -2.06. The zero-order valence-corrected chi connectivity index (χ0v) is 12.9. The molecule has 0 aliphatic rings. The summed E-state index contributed by atoms with van der Waals surface area (Å²) in [7, 11) is 0. The van der Waals surface area contributed by atoms with Gasteiger partial charge in [0.05, 0.1) is 16.7 Å². The van der Waals surface area contributed by atoms with Gasteiger partial charge >= 0.3 is 6.18 Å². The Kier molecular flexibility index (Phi) is 4.87. The fourth-order valence-electron chi connectivity index (χ4n) is 2.10. The van der Waals surface area contributed by atoms with Gasteiger partial charge in [0.25, 0.3) is 5.69 Å². The molecule has 0 saturated heterocycles. The van der Waals surface area contributed by atoms with Crippen molar-refractivity contribution in [1.29, 1.82) is 0 Å². The van der Waals surface area contributed by atoms with Crippen molar-refractivity contribution in [3.05, 3.63) is 68.8 Å². The summed E-state index contributed by atoms with van der Waals surface area (Å²) in [6.07, 6.45) is -3.19. The Labute approximate surface area is 136 Å². The highest BCUT2D eigenvalue weighted by atomic mass is 19.4. The standard InChI is InChI=1S/C16H14F3N3O2/c1-10-3-4-12(11(2)7-10)9-20-21-14-6-5-13(16(17,18)19)8-15(14)22(23)24/h3-9,21H,1-2H3. The molecule has 5 nitrogen and oxygen atoms in total. The molecule has 0 spiro atoms. The van der Waals surface area contributed by atoms with Gasteiger partial charge in [0.2, 0.25) is 0 Å². The highest BCUT2D eigenvalue weighted by molar-refractivity contribution is 5.82. The number of hydrogen-bond acceptors (Lipinski definition) is 4. The van der Waals surface area contributed by atoms with Crippen molar-refractivity contribution in [3.63, 3.8) is 0 Å². The van der Waals surface area contributed by atoms with Gasteiger partial charge in [0.1, 0.15) is 5.69 Å².